The van der Waals surface area contributed by atoms with E-state index in [9.17, 15) is 4.79 Å². The molecule has 108 valence electrons. The van der Waals surface area contributed by atoms with Crippen LogP contribution in [-0.2, 0) is 11.3 Å². The summed E-state index contributed by atoms with van der Waals surface area (Å²) in [7, 11) is 0. The van der Waals surface area contributed by atoms with Crippen molar-refractivity contribution in [2.45, 2.75) is 39.7 Å². The van der Waals surface area contributed by atoms with Crippen molar-refractivity contribution >= 4 is 17.3 Å². The van der Waals surface area contributed by atoms with E-state index in [-0.39, 0.29) is 10.6 Å². The zero-order valence-electron chi connectivity index (χ0n) is 11.6. The molecule has 1 rings (SSSR count). The molecule has 0 spiro atoms. The second-order valence-electron chi connectivity index (χ2n) is 4.23. The predicted molar refractivity (Wildman–Crippen MR) is 78.0 cm³/mol. The lowest BCUT2D eigenvalue weighted by atomic mass is 10.3. The van der Waals surface area contributed by atoms with Crippen LogP contribution in [0, 0.1) is 0 Å². The summed E-state index contributed by atoms with van der Waals surface area (Å²) < 4.78 is 6.65. The van der Waals surface area contributed by atoms with Crippen LogP contribution in [0.4, 0.5) is 5.69 Å². The van der Waals surface area contributed by atoms with Crippen LogP contribution in [0.1, 0.15) is 33.1 Å². The highest BCUT2D eigenvalue weighted by Gasteiger charge is 2.08. The lowest BCUT2D eigenvalue weighted by molar-refractivity contribution is 0.147. The summed E-state index contributed by atoms with van der Waals surface area (Å²) in [5.41, 5.74) is 0.362. The average molecular weight is 288 g/mol. The second kappa shape index (κ2) is 8.93. The molecule has 19 heavy (non-hydrogen) atoms. The second-order valence-corrected chi connectivity index (χ2v) is 4.61. The summed E-state index contributed by atoms with van der Waals surface area (Å²) in [6, 6.07) is 0. The number of nitrogens with zero attached hydrogens (tertiary/aromatic N) is 2. The van der Waals surface area contributed by atoms with Crippen molar-refractivity contribution in [1.82, 2.24) is 9.78 Å². The Morgan fingerprint density at radius 1 is 1.42 bits per heavy atom. The van der Waals surface area contributed by atoms with E-state index in [0.717, 1.165) is 25.9 Å². The van der Waals surface area contributed by atoms with E-state index in [0.29, 0.717) is 25.4 Å². The molecule has 0 aromatic carbocycles. The van der Waals surface area contributed by atoms with Crippen molar-refractivity contribution in [3.63, 3.8) is 0 Å². The molecular formula is C13H22ClN3O2. The van der Waals surface area contributed by atoms with Crippen LogP contribution in [0.3, 0.4) is 0 Å². The summed E-state index contributed by atoms with van der Waals surface area (Å²) >= 11 is 6.05. The third-order valence-corrected chi connectivity index (χ3v) is 3.06. The number of aromatic nitrogens is 2. The van der Waals surface area contributed by atoms with Crippen LogP contribution in [-0.4, -0.2) is 29.5 Å². The quantitative estimate of drug-likeness (QED) is 0.709. The van der Waals surface area contributed by atoms with Crippen LogP contribution in [0.25, 0.3) is 0 Å². The Balaban J connectivity index is 2.56. The fourth-order valence-corrected chi connectivity index (χ4v) is 1.81. The summed E-state index contributed by atoms with van der Waals surface area (Å²) in [6.07, 6.45) is 4.41. The van der Waals surface area contributed by atoms with Gasteiger partial charge in [-0.1, -0.05) is 24.9 Å². The zero-order valence-corrected chi connectivity index (χ0v) is 12.4. The minimum atomic E-state index is -0.232. The number of hydrogen-bond acceptors (Lipinski definition) is 4. The number of anilines is 1. The SMILES string of the molecule is CCCCn1ncc(NCCCOCC)c(Cl)c1=O. The monoisotopic (exact) mass is 287 g/mol. The molecular weight excluding hydrogens is 266 g/mol. The lowest BCUT2D eigenvalue weighted by Crippen LogP contribution is -2.24. The maximum Gasteiger partial charge on any atom is 0.287 e. The Morgan fingerprint density at radius 3 is 2.89 bits per heavy atom. The van der Waals surface area contributed by atoms with Crippen molar-refractivity contribution in [1.29, 1.82) is 0 Å². The highest BCUT2D eigenvalue weighted by Crippen LogP contribution is 2.15. The molecule has 0 amide bonds. The molecule has 0 fully saturated rings. The molecule has 0 aliphatic rings. The topological polar surface area (TPSA) is 56.1 Å². The van der Waals surface area contributed by atoms with Crippen LogP contribution in [0.5, 0.6) is 0 Å². The first-order chi connectivity index (χ1) is 9.20. The van der Waals surface area contributed by atoms with Gasteiger partial charge >= 0.3 is 0 Å². The van der Waals surface area contributed by atoms with Gasteiger partial charge in [-0.3, -0.25) is 4.79 Å². The van der Waals surface area contributed by atoms with E-state index in [1.54, 1.807) is 6.20 Å². The zero-order chi connectivity index (χ0) is 14.1. The van der Waals surface area contributed by atoms with Gasteiger partial charge < -0.3 is 10.1 Å². The first-order valence-electron chi connectivity index (χ1n) is 6.77. The third-order valence-electron chi connectivity index (χ3n) is 2.69. The van der Waals surface area contributed by atoms with Gasteiger partial charge in [-0.25, -0.2) is 4.68 Å². The number of halogens is 1. The molecule has 0 bridgehead atoms. The summed E-state index contributed by atoms with van der Waals surface area (Å²) in [4.78, 5) is 11.9. The molecule has 1 heterocycles. The van der Waals surface area contributed by atoms with E-state index in [4.69, 9.17) is 16.3 Å². The van der Waals surface area contributed by atoms with Gasteiger partial charge in [0.2, 0.25) is 0 Å². The summed E-state index contributed by atoms with van der Waals surface area (Å²) in [5.74, 6) is 0. The van der Waals surface area contributed by atoms with Crippen LogP contribution >= 0.6 is 11.6 Å². The maximum atomic E-state index is 11.9. The van der Waals surface area contributed by atoms with Gasteiger partial charge in [0.25, 0.3) is 5.56 Å². The number of nitrogens with one attached hydrogen (secondary N) is 1. The molecule has 0 radical (unpaired) electrons. The van der Waals surface area contributed by atoms with Gasteiger partial charge in [0.1, 0.15) is 5.02 Å². The molecule has 1 aromatic heterocycles. The number of rotatable bonds is 9. The predicted octanol–water partition coefficient (Wildman–Crippen LogP) is 2.54. The Hall–Kier alpha value is -1.07. The Bertz CT molecular complexity index is 434. The van der Waals surface area contributed by atoms with E-state index in [1.807, 2.05) is 6.92 Å². The Labute approximate surface area is 118 Å². The number of aryl methyl sites for hydroxylation is 1. The molecule has 1 aromatic rings. The number of unbranched alkanes of at least 4 members (excludes halogenated alkanes) is 1. The first-order valence-corrected chi connectivity index (χ1v) is 7.15. The summed E-state index contributed by atoms with van der Waals surface area (Å²) in [6.45, 7) is 6.77. The van der Waals surface area contributed by atoms with Crippen molar-refractivity contribution < 1.29 is 4.74 Å². The van der Waals surface area contributed by atoms with Crippen LogP contribution < -0.4 is 10.9 Å². The van der Waals surface area contributed by atoms with Gasteiger partial charge in [0.15, 0.2) is 0 Å². The number of hydrogen-bond donors (Lipinski definition) is 1. The highest BCUT2D eigenvalue weighted by atomic mass is 35.5. The standard InChI is InChI=1S/C13H22ClN3O2/c1-3-5-8-17-13(18)12(14)11(10-16-17)15-7-6-9-19-4-2/h10,15H,3-9H2,1-2H3. The lowest BCUT2D eigenvalue weighted by Gasteiger charge is -2.10. The minimum absolute atomic E-state index is 0.211. The van der Waals surface area contributed by atoms with Gasteiger partial charge in [0, 0.05) is 26.3 Å². The van der Waals surface area contributed by atoms with Gasteiger partial charge in [-0.05, 0) is 19.8 Å². The van der Waals surface area contributed by atoms with Crippen molar-refractivity contribution in [3.8, 4) is 0 Å². The van der Waals surface area contributed by atoms with Crippen molar-refractivity contribution in [2.75, 3.05) is 25.1 Å². The van der Waals surface area contributed by atoms with Gasteiger partial charge in [-0.2, -0.15) is 5.10 Å². The van der Waals surface area contributed by atoms with Gasteiger partial charge in [-0.15, -0.1) is 0 Å². The molecule has 0 saturated heterocycles. The molecule has 5 nitrogen and oxygen atoms in total. The van der Waals surface area contributed by atoms with Gasteiger partial charge in [0.05, 0.1) is 11.9 Å². The van der Waals surface area contributed by atoms with E-state index in [1.165, 1.54) is 4.68 Å². The largest absolute Gasteiger partial charge is 0.382 e. The van der Waals surface area contributed by atoms with E-state index < -0.39 is 0 Å². The van der Waals surface area contributed by atoms with Crippen molar-refractivity contribution in [3.05, 3.63) is 21.6 Å². The van der Waals surface area contributed by atoms with Crippen LogP contribution in [0.15, 0.2) is 11.0 Å². The minimum Gasteiger partial charge on any atom is -0.382 e. The van der Waals surface area contributed by atoms with E-state index >= 15 is 0 Å². The molecule has 0 saturated carbocycles. The molecule has 0 aliphatic carbocycles. The Kier molecular flexibility index (Phi) is 7.52. The fourth-order valence-electron chi connectivity index (χ4n) is 1.60. The fraction of sp³-hybridized carbons (Fsp3) is 0.692. The molecule has 0 unspecified atom stereocenters. The van der Waals surface area contributed by atoms with Crippen molar-refractivity contribution in [2.24, 2.45) is 0 Å². The average Bonchev–Trinajstić information content (AvgIpc) is 2.42. The molecule has 1 N–H and O–H groups in total. The third kappa shape index (κ3) is 5.20. The molecule has 0 atom stereocenters. The van der Waals surface area contributed by atoms with E-state index in [2.05, 4.69) is 17.3 Å². The highest BCUT2D eigenvalue weighted by molar-refractivity contribution is 6.32. The normalized spacial score (nSPS) is 10.7. The summed E-state index contributed by atoms with van der Waals surface area (Å²) in [5, 5.41) is 7.44. The van der Waals surface area contributed by atoms with Crippen LogP contribution in [0.2, 0.25) is 5.02 Å². The number of ether oxygens (including phenoxy) is 1. The molecule has 6 heteroatoms. The molecule has 0 aliphatic heterocycles. The smallest absolute Gasteiger partial charge is 0.287 e. The first kappa shape index (κ1) is 16.0. The Morgan fingerprint density at radius 2 is 2.21 bits per heavy atom. The maximum absolute atomic E-state index is 11.9.